The van der Waals surface area contributed by atoms with Crippen molar-refractivity contribution >= 4 is 22.9 Å². The average molecular weight is 310 g/mol. The van der Waals surface area contributed by atoms with E-state index in [1.165, 1.54) is 6.07 Å². The molecular weight excluding hydrogens is 287 g/mol. The average Bonchev–Trinajstić information content (AvgIpc) is 2.45. The Bertz CT molecular complexity index is 498. The van der Waals surface area contributed by atoms with Crippen LogP contribution in [0.15, 0.2) is 18.2 Å². The van der Waals surface area contributed by atoms with Gasteiger partial charge in [0.1, 0.15) is 10.8 Å². The molecule has 1 saturated heterocycles. The summed E-state index contributed by atoms with van der Waals surface area (Å²) >= 11 is 4.83. The van der Waals surface area contributed by atoms with E-state index in [9.17, 15) is 4.39 Å². The predicted octanol–water partition coefficient (Wildman–Crippen LogP) is 1.14. The highest BCUT2D eigenvalue weighted by Gasteiger charge is 2.18. The van der Waals surface area contributed by atoms with Gasteiger partial charge < -0.3 is 15.5 Å². The Labute approximate surface area is 131 Å². The van der Waals surface area contributed by atoms with Crippen molar-refractivity contribution in [1.29, 1.82) is 0 Å². The number of nitrogens with zero attached hydrogens (tertiary/aromatic N) is 3. The maximum Gasteiger partial charge on any atom is 0.135 e. The summed E-state index contributed by atoms with van der Waals surface area (Å²) in [5.41, 5.74) is 6.71. The maximum absolute atomic E-state index is 13.9. The number of halogens is 1. The quantitative estimate of drug-likeness (QED) is 0.826. The monoisotopic (exact) mass is 310 g/mol. The summed E-state index contributed by atoms with van der Waals surface area (Å²) in [4.78, 5) is 6.94. The van der Waals surface area contributed by atoms with Gasteiger partial charge in [-0.05, 0) is 32.3 Å². The summed E-state index contributed by atoms with van der Waals surface area (Å²) in [6.45, 7) is 5.99. The second kappa shape index (κ2) is 7.15. The number of anilines is 1. The molecule has 0 spiro atoms. The molecule has 6 heteroatoms. The van der Waals surface area contributed by atoms with Gasteiger partial charge in [0.15, 0.2) is 0 Å². The molecule has 1 aromatic rings. The third-order valence-corrected chi connectivity index (χ3v) is 4.04. The van der Waals surface area contributed by atoms with Crippen molar-refractivity contribution in [2.75, 3.05) is 58.3 Å². The molecule has 0 unspecified atom stereocenters. The van der Waals surface area contributed by atoms with Crippen molar-refractivity contribution < 1.29 is 4.39 Å². The van der Waals surface area contributed by atoms with Crippen molar-refractivity contribution in [2.45, 2.75) is 0 Å². The number of hydrogen-bond acceptors (Lipinski definition) is 4. The van der Waals surface area contributed by atoms with Crippen LogP contribution in [-0.4, -0.2) is 68.2 Å². The number of piperazine rings is 1. The lowest BCUT2D eigenvalue weighted by Crippen LogP contribution is -2.48. The standard InChI is InChI=1S/C15H23FN4S/c1-18(2)5-6-19-7-9-20(10-8-19)12-3-4-13(15(17)21)14(16)11-12/h3-4,11H,5-10H2,1-2H3,(H2,17,21). The molecule has 1 aliphatic heterocycles. The van der Waals surface area contributed by atoms with Gasteiger partial charge in [0.25, 0.3) is 0 Å². The molecule has 0 atom stereocenters. The van der Waals surface area contributed by atoms with Crippen LogP contribution in [0.4, 0.5) is 10.1 Å². The molecule has 0 aromatic heterocycles. The lowest BCUT2D eigenvalue weighted by atomic mass is 10.1. The molecule has 1 fully saturated rings. The van der Waals surface area contributed by atoms with Crippen molar-refractivity contribution in [1.82, 2.24) is 9.80 Å². The molecule has 1 heterocycles. The van der Waals surface area contributed by atoms with Gasteiger partial charge in [-0.3, -0.25) is 4.90 Å². The van der Waals surface area contributed by atoms with Gasteiger partial charge >= 0.3 is 0 Å². The predicted molar refractivity (Wildman–Crippen MR) is 89.5 cm³/mol. The molecule has 0 bridgehead atoms. The minimum absolute atomic E-state index is 0.104. The first-order chi connectivity index (χ1) is 9.97. The van der Waals surface area contributed by atoms with E-state index in [0.29, 0.717) is 5.56 Å². The van der Waals surface area contributed by atoms with Crippen LogP contribution in [0, 0.1) is 5.82 Å². The summed E-state index contributed by atoms with van der Waals surface area (Å²) in [6, 6.07) is 5.10. The summed E-state index contributed by atoms with van der Waals surface area (Å²) in [5, 5.41) is 0. The number of benzene rings is 1. The fourth-order valence-electron chi connectivity index (χ4n) is 2.47. The van der Waals surface area contributed by atoms with E-state index in [-0.39, 0.29) is 10.8 Å². The van der Waals surface area contributed by atoms with E-state index in [1.54, 1.807) is 6.07 Å². The van der Waals surface area contributed by atoms with E-state index < -0.39 is 0 Å². The van der Waals surface area contributed by atoms with Crippen LogP contribution < -0.4 is 10.6 Å². The number of nitrogens with two attached hydrogens (primary N) is 1. The number of hydrogen-bond donors (Lipinski definition) is 1. The molecule has 116 valence electrons. The molecule has 2 N–H and O–H groups in total. The van der Waals surface area contributed by atoms with Gasteiger partial charge in [0.05, 0.1) is 0 Å². The minimum atomic E-state index is -0.338. The SMILES string of the molecule is CN(C)CCN1CCN(c2ccc(C(N)=S)c(F)c2)CC1. The molecule has 2 rings (SSSR count). The minimum Gasteiger partial charge on any atom is -0.389 e. The molecule has 4 nitrogen and oxygen atoms in total. The van der Waals surface area contributed by atoms with Crippen LogP contribution in [0.2, 0.25) is 0 Å². The highest BCUT2D eigenvalue weighted by Crippen LogP contribution is 2.20. The van der Waals surface area contributed by atoms with Crippen LogP contribution >= 0.6 is 12.2 Å². The Morgan fingerprint density at radius 2 is 1.95 bits per heavy atom. The van der Waals surface area contributed by atoms with E-state index in [2.05, 4.69) is 28.8 Å². The summed E-state index contributed by atoms with van der Waals surface area (Å²) in [5.74, 6) is -0.338. The van der Waals surface area contributed by atoms with Gasteiger partial charge in [-0.25, -0.2) is 4.39 Å². The van der Waals surface area contributed by atoms with Gasteiger partial charge in [-0.1, -0.05) is 12.2 Å². The van der Waals surface area contributed by atoms with Crippen molar-refractivity contribution in [2.24, 2.45) is 5.73 Å². The van der Waals surface area contributed by atoms with E-state index >= 15 is 0 Å². The molecule has 0 radical (unpaired) electrons. The third-order valence-electron chi connectivity index (χ3n) is 3.82. The summed E-state index contributed by atoms with van der Waals surface area (Å²) in [6.07, 6.45) is 0. The number of rotatable bonds is 5. The smallest absolute Gasteiger partial charge is 0.135 e. The van der Waals surface area contributed by atoms with Gasteiger partial charge in [0.2, 0.25) is 0 Å². The Morgan fingerprint density at radius 1 is 1.29 bits per heavy atom. The third kappa shape index (κ3) is 4.36. The highest BCUT2D eigenvalue weighted by atomic mass is 32.1. The van der Waals surface area contributed by atoms with Crippen LogP contribution in [0.1, 0.15) is 5.56 Å². The zero-order valence-corrected chi connectivity index (χ0v) is 13.5. The zero-order chi connectivity index (χ0) is 15.4. The molecule has 0 amide bonds. The Balaban J connectivity index is 1.93. The normalized spacial score (nSPS) is 16.5. The Hall–Kier alpha value is -1.24. The first-order valence-corrected chi connectivity index (χ1v) is 7.59. The zero-order valence-electron chi connectivity index (χ0n) is 12.7. The van der Waals surface area contributed by atoms with Crippen LogP contribution in [-0.2, 0) is 0 Å². The van der Waals surface area contributed by atoms with Crippen molar-refractivity contribution in [3.05, 3.63) is 29.6 Å². The molecule has 0 aliphatic carbocycles. The van der Waals surface area contributed by atoms with E-state index in [4.69, 9.17) is 18.0 Å². The molecule has 1 aromatic carbocycles. The largest absolute Gasteiger partial charge is 0.389 e. The van der Waals surface area contributed by atoms with E-state index in [1.807, 2.05) is 6.07 Å². The fraction of sp³-hybridized carbons (Fsp3) is 0.533. The van der Waals surface area contributed by atoms with Crippen LogP contribution in [0.3, 0.4) is 0 Å². The van der Waals surface area contributed by atoms with Gasteiger partial charge in [-0.15, -0.1) is 0 Å². The molecule has 1 aliphatic rings. The highest BCUT2D eigenvalue weighted by molar-refractivity contribution is 7.80. The van der Waals surface area contributed by atoms with Gasteiger partial charge in [-0.2, -0.15) is 0 Å². The Morgan fingerprint density at radius 3 is 2.48 bits per heavy atom. The molecular formula is C15H23FN4S. The van der Waals surface area contributed by atoms with Crippen molar-refractivity contribution in [3.63, 3.8) is 0 Å². The van der Waals surface area contributed by atoms with Crippen molar-refractivity contribution in [3.8, 4) is 0 Å². The van der Waals surface area contributed by atoms with Crippen LogP contribution in [0.5, 0.6) is 0 Å². The lowest BCUT2D eigenvalue weighted by Gasteiger charge is -2.36. The first kappa shape index (κ1) is 16.1. The maximum atomic E-state index is 13.9. The Kier molecular flexibility index (Phi) is 5.50. The summed E-state index contributed by atoms with van der Waals surface area (Å²) < 4.78 is 13.9. The topological polar surface area (TPSA) is 35.7 Å². The lowest BCUT2D eigenvalue weighted by molar-refractivity contribution is 0.229. The fourth-order valence-corrected chi connectivity index (χ4v) is 2.64. The number of likely N-dealkylation sites (N-methyl/N-ethyl adjacent to an activating group) is 1. The second-order valence-electron chi connectivity index (χ2n) is 5.66. The van der Waals surface area contributed by atoms with Gasteiger partial charge in [0, 0.05) is 50.5 Å². The second-order valence-corrected chi connectivity index (χ2v) is 6.10. The van der Waals surface area contributed by atoms with Crippen LogP contribution in [0.25, 0.3) is 0 Å². The van der Waals surface area contributed by atoms with E-state index in [0.717, 1.165) is 45.0 Å². The summed E-state index contributed by atoms with van der Waals surface area (Å²) in [7, 11) is 4.17. The molecule has 0 saturated carbocycles. The number of thiocarbonyl (C=S) groups is 1. The molecule has 21 heavy (non-hydrogen) atoms. The first-order valence-electron chi connectivity index (χ1n) is 7.19.